The quantitative estimate of drug-likeness (QED) is 0.514. The zero-order valence-electron chi connectivity index (χ0n) is 19.8. The number of aryl methyl sites for hydroxylation is 1. The molecule has 4 rings (SSSR count). The van der Waals surface area contributed by atoms with Gasteiger partial charge in [0.05, 0.1) is 17.7 Å². The summed E-state index contributed by atoms with van der Waals surface area (Å²) in [5.41, 5.74) is 2.14. The van der Waals surface area contributed by atoms with Crippen molar-refractivity contribution in [2.75, 3.05) is 49.5 Å². The van der Waals surface area contributed by atoms with Crippen LogP contribution in [0.25, 0.3) is 0 Å². The monoisotopic (exact) mass is 495 g/mol. The minimum atomic E-state index is -3.73. The lowest BCUT2D eigenvalue weighted by Gasteiger charge is -2.36. The number of rotatable bonds is 8. The molecule has 0 aliphatic carbocycles. The number of anilines is 2. The predicted octanol–water partition coefficient (Wildman–Crippen LogP) is 3.53. The van der Waals surface area contributed by atoms with Crippen molar-refractivity contribution in [2.45, 2.75) is 11.8 Å². The van der Waals surface area contributed by atoms with E-state index in [0.29, 0.717) is 43.2 Å². The Bertz CT molecular complexity index is 1270. The molecule has 1 aliphatic rings. The molecule has 1 aliphatic heterocycles. The Hall–Kier alpha value is -3.72. The molecule has 0 radical (unpaired) electrons. The molecule has 1 amide bonds. The van der Waals surface area contributed by atoms with Gasteiger partial charge in [0.25, 0.3) is 15.9 Å². The average Bonchev–Trinajstić information content (AvgIpc) is 2.88. The van der Waals surface area contributed by atoms with Crippen molar-refractivity contribution in [1.29, 1.82) is 0 Å². The van der Waals surface area contributed by atoms with Gasteiger partial charge in [0.2, 0.25) is 0 Å². The molecule has 184 valence electrons. The lowest BCUT2D eigenvalue weighted by atomic mass is 10.2. The van der Waals surface area contributed by atoms with Crippen molar-refractivity contribution in [3.8, 4) is 11.5 Å². The highest BCUT2D eigenvalue weighted by Crippen LogP contribution is 2.28. The Morgan fingerprint density at radius 1 is 0.914 bits per heavy atom. The summed E-state index contributed by atoms with van der Waals surface area (Å²) in [6.45, 7) is 4.22. The van der Waals surface area contributed by atoms with Gasteiger partial charge < -0.3 is 19.3 Å². The topological polar surface area (TPSA) is 88.2 Å². The highest BCUT2D eigenvalue weighted by molar-refractivity contribution is 7.92. The number of benzene rings is 3. The summed E-state index contributed by atoms with van der Waals surface area (Å²) in [5.74, 6) is 1.19. The van der Waals surface area contributed by atoms with Crippen LogP contribution in [0.15, 0.2) is 77.7 Å². The van der Waals surface area contributed by atoms with Crippen LogP contribution in [0.1, 0.15) is 5.56 Å². The minimum absolute atomic E-state index is 0.105. The van der Waals surface area contributed by atoms with Crippen LogP contribution in [0.3, 0.4) is 0 Å². The van der Waals surface area contributed by atoms with E-state index in [9.17, 15) is 13.2 Å². The maximum atomic E-state index is 12.7. The van der Waals surface area contributed by atoms with E-state index < -0.39 is 10.0 Å². The molecule has 35 heavy (non-hydrogen) atoms. The Kier molecular flexibility index (Phi) is 7.45. The van der Waals surface area contributed by atoms with E-state index in [-0.39, 0.29) is 17.4 Å². The highest BCUT2D eigenvalue weighted by Gasteiger charge is 2.23. The van der Waals surface area contributed by atoms with E-state index in [4.69, 9.17) is 9.47 Å². The van der Waals surface area contributed by atoms with E-state index in [1.165, 1.54) is 12.1 Å². The lowest BCUT2D eigenvalue weighted by molar-refractivity contribution is -0.133. The maximum absolute atomic E-state index is 12.7. The number of piperazine rings is 1. The summed E-state index contributed by atoms with van der Waals surface area (Å²) in [5, 5.41) is 0. The first kappa shape index (κ1) is 24.4. The molecule has 0 atom stereocenters. The molecule has 0 spiro atoms. The van der Waals surface area contributed by atoms with Gasteiger partial charge in [-0.25, -0.2) is 8.42 Å². The normalized spacial score (nSPS) is 13.9. The van der Waals surface area contributed by atoms with Gasteiger partial charge in [-0.15, -0.1) is 0 Å². The van der Waals surface area contributed by atoms with E-state index >= 15 is 0 Å². The van der Waals surface area contributed by atoms with Crippen LogP contribution in [0, 0.1) is 6.92 Å². The van der Waals surface area contributed by atoms with Crippen molar-refractivity contribution < 1.29 is 22.7 Å². The van der Waals surface area contributed by atoms with Crippen LogP contribution in [-0.4, -0.2) is 59.1 Å². The first-order valence-corrected chi connectivity index (χ1v) is 12.8. The second kappa shape index (κ2) is 10.7. The summed E-state index contributed by atoms with van der Waals surface area (Å²) >= 11 is 0. The van der Waals surface area contributed by atoms with Crippen molar-refractivity contribution in [3.63, 3.8) is 0 Å². The Morgan fingerprint density at radius 2 is 1.60 bits per heavy atom. The van der Waals surface area contributed by atoms with E-state index in [2.05, 4.69) is 9.62 Å². The fraction of sp³-hybridized carbons (Fsp3) is 0.269. The molecule has 1 heterocycles. The first-order valence-electron chi connectivity index (χ1n) is 11.3. The molecule has 9 heteroatoms. The SMILES string of the molecule is COc1ccccc1N1CCN(C(=O)COc2ccc(S(=O)(=O)Nc3ccccc3)cc2C)CC1. The summed E-state index contributed by atoms with van der Waals surface area (Å²) in [4.78, 5) is 16.8. The van der Waals surface area contributed by atoms with E-state index in [1.54, 1.807) is 49.3 Å². The number of carbonyl (C=O) groups excluding carboxylic acids is 1. The fourth-order valence-corrected chi connectivity index (χ4v) is 5.13. The second-order valence-corrected chi connectivity index (χ2v) is 9.91. The molecule has 3 aromatic carbocycles. The number of methoxy groups -OCH3 is 1. The molecule has 3 aromatic rings. The minimum Gasteiger partial charge on any atom is -0.495 e. The van der Waals surface area contributed by atoms with Crippen molar-refractivity contribution in [1.82, 2.24) is 4.90 Å². The molecular formula is C26H29N3O5S. The number of carbonyl (C=O) groups is 1. The molecule has 0 aromatic heterocycles. The van der Waals surface area contributed by atoms with Gasteiger partial charge in [-0.1, -0.05) is 30.3 Å². The number of ether oxygens (including phenoxy) is 2. The molecule has 8 nitrogen and oxygen atoms in total. The van der Waals surface area contributed by atoms with Crippen LogP contribution >= 0.6 is 0 Å². The number of hydrogen-bond acceptors (Lipinski definition) is 6. The summed E-state index contributed by atoms with van der Waals surface area (Å²) in [7, 11) is -2.08. The first-order chi connectivity index (χ1) is 16.9. The van der Waals surface area contributed by atoms with Gasteiger partial charge in [-0.2, -0.15) is 0 Å². The zero-order valence-corrected chi connectivity index (χ0v) is 20.6. The van der Waals surface area contributed by atoms with Crippen molar-refractivity contribution in [2.24, 2.45) is 0 Å². The number of nitrogens with one attached hydrogen (secondary N) is 1. The smallest absolute Gasteiger partial charge is 0.261 e. The Balaban J connectivity index is 1.32. The maximum Gasteiger partial charge on any atom is 0.261 e. The molecule has 1 N–H and O–H groups in total. The summed E-state index contributed by atoms with van der Waals surface area (Å²) in [6, 6.07) is 21.2. The zero-order chi connectivity index (χ0) is 24.8. The van der Waals surface area contributed by atoms with Crippen LogP contribution in [0.5, 0.6) is 11.5 Å². The molecule has 0 bridgehead atoms. The van der Waals surface area contributed by atoms with Crippen molar-refractivity contribution in [3.05, 3.63) is 78.4 Å². The van der Waals surface area contributed by atoms with Gasteiger partial charge >= 0.3 is 0 Å². The second-order valence-electron chi connectivity index (χ2n) is 8.23. The third-order valence-electron chi connectivity index (χ3n) is 5.89. The van der Waals surface area contributed by atoms with Gasteiger partial charge in [-0.05, 0) is 55.0 Å². The number of amides is 1. The predicted molar refractivity (Wildman–Crippen MR) is 136 cm³/mol. The van der Waals surface area contributed by atoms with Gasteiger partial charge in [0.15, 0.2) is 6.61 Å². The fourth-order valence-electron chi connectivity index (χ4n) is 3.99. The molecule has 0 saturated carbocycles. The standard InChI is InChI=1S/C26H29N3O5S/c1-20-18-22(35(31,32)27-21-8-4-3-5-9-21)12-13-24(20)34-19-26(30)29-16-14-28(15-17-29)23-10-6-7-11-25(23)33-2/h3-13,18,27H,14-17,19H2,1-2H3. The van der Waals surface area contributed by atoms with Crippen molar-refractivity contribution >= 4 is 27.3 Å². The number of para-hydroxylation sites is 3. The van der Waals surface area contributed by atoms with E-state index in [0.717, 1.165) is 11.4 Å². The van der Waals surface area contributed by atoms with Gasteiger partial charge in [0, 0.05) is 31.9 Å². The molecule has 1 saturated heterocycles. The summed E-state index contributed by atoms with van der Waals surface area (Å²) in [6.07, 6.45) is 0. The molecule has 0 unspecified atom stereocenters. The average molecular weight is 496 g/mol. The third kappa shape index (κ3) is 5.86. The molecule has 1 fully saturated rings. The molecular weight excluding hydrogens is 466 g/mol. The lowest BCUT2D eigenvalue weighted by Crippen LogP contribution is -2.50. The number of nitrogens with zero attached hydrogens (tertiary/aromatic N) is 2. The van der Waals surface area contributed by atoms with Crippen LogP contribution in [0.4, 0.5) is 11.4 Å². The largest absolute Gasteiger partial charge is 0.495 e. The van der Waals surface area contributed by atoms with Gasteiger partial charge in [-0.3, -0.25) is 9.52 Å². The summed E-state index contributed by atoms with van der Waals surface area (Å²) < 4.78 is 39.1. The van der Waals surface area contributed by atoms with Crippen LogP contribution in [0.2, 0.25) is 0 Å². The number of hydrogen-bond donors (Lipinski definition) is 1. The van der Waals surface area contributed by atoms with Crippen LogP contribution in [-0.2, 0) is 14.8 Å². The number of sulfonamides is 1. The van der Waals surface area contributed by atoms with Gasteiger partial charge in [0.1, 0.15) is 11.5 Å². The Labute approximate surface area is 206 Å². The van der Waals surface area contributed by atoms with E-state index in [1.807, 2.05) is 30.3 Å². The highest BCUT2D eigenvalue weighted by atomic mass is 32.2. The third-order valence-corrected chi connectivity index (χ3v) is 7.27. The Morgan fingerprint density at radius 3 is 2.29 bits per heavy atom. The van der Waals surface area contributed by atoms with Crippen LogP contribution < -0.4 is 19.1 Å².